The summed E-state index contributed by atoms with van der Waals surface area (Å²) in [5.41, 5.74) is 1.26. The lowest BCUT2D eigenvalue weighted by molar-refractivity contribution is 0.0436. The van der Waals surface area contributed by atoms with E-state index in [1.54, 1.807) is 5.57 Å². The highest BCUT2D eigenvalue weighted by atomic mass is 16.3. The van der Waals surface area contributed by atoms with Gasteiger partial charge in [0.15, 0.2) is 0 Å². The van der Waals surface area contributed by atoms with Crippen LogP contribution in [0.4, 0.5) is 0 Å². The average Bonchev–Trinajstić information content (AvgIpc) is 3.22. The Morgan fingerprint density at radius 2 is 1.83 bits per heavy atom. The minimum Gasteiger partial charge on any atom is -0.390 e. The maximum absolute atomic E-state index is 10.9. The van der Waals surface area contributed by atoms with Gasteiger partial charge < -0.3 is 10.2 Å². The van der Waals surface area contributed by atoms with E-state index < -0.39 is 5.60 Å². The van der Waals surface area contributed by atoms with Gasteiger partial charge in [0.1, 0.15) is 0 Å². The molecule has 3 aliphatic rings. The van der Waals surface area contributed by atoms with E-state index in [0.29, 0.717) is 29.1 Å². The van der Waals surface area contributed by atoms with Crippen molar-refractivity contribution in [3.8, 4) is 0 Å². The van der Waals surface area contributed by atoms with Crippen LogP contribution in [0.2, 0.25) is 0 Å². The van der Waals surface area contributed by atoms with Crippen molar-refractivity contribution in [1.29, 1.82) is 0 Å². The molecular formula is C27H46O2. The van der Waals surface area contributed by atoms with Gasteiger partial charge in [-0.25, -0.2) is 0 Å². The highest BCUT2D eigenvalue weighted by molar-refractivity contribution is 5.21. The van der Waals surface area contributed by atoms with E-state index in [0.717, 1.165) is 5.92 Å². The molecule has 3 aliphatic carbocycles. The molecule has 0 radical (unpaired) electrons. The van der Waals surface area contributed by atoms with Crippen molar-refractivity contribution in [3.63, 3.8) is 0 Å². The van der Waals surface area contributed by atoms with Gasteiger partial charge in [0.2, 0.25) is 0 Å². The van der Waals surface area contributed by atoms with Crippen LogP contribution in [0.5, 0.6) is 0 Å². The zero-order chi connectivity index (χ0) is 21.4. The average molecular weight is 403 g/mol. The highest BCUT2D eigenvalue weighted by Gasteiger charge is 2.50. The second kappa shape index (κ2) is 8.87. The van der Waals surface area contributed by atoms with Crippen molar-refractivity contribution in [3.05, 3.63) is 23.8 Å². The standard InChI is InChI=1S/C27H46O2/c1-18-9-12-22(16-18)25(28)17-21-8-7-15-27(6)23(13-14-24(21)27)19(2)10-11-20(3)26(4,5)29/h10-11,17-20,22-25,28-29H,7-9,12-16H2,1-6H3. The molecule has 0 saturated heterocycles. The summed E-state index contributed by atoms with van der Waals surface area (Å²) in [5, 5.41) is 21.2. The van der Waals surface area contributed by atoms with Crippen LogP contribution in [0.15, 0.2) is 23.8 Å². The fourth-order valence-corrected chi connectivity index (χ4v) is 6.77. The smallest absolute Gasteiger partial charge is 0.0751 e. The maximum atomic E-state index is 10.9. The minimum atomic E-state index is -0.660. The molecule has 0 aromatic carbocycles. The molecule has 0 amide bonds. The van der Waals surface area contributed by atoms with Crippen LogP contribution in [0.25, 0.3) is 0 Å². The van der Waals surface area contributed by atoms with E-state index in [1.165, 1.54) is 51.4 Å². The van der Waals surface area contributed by atoms with Crippen LogP contribution in [-0.2, 0) is 0 Å². The lowest BCUT2D eigenvalue weighted by atomic mass is 9.61. The molecule has 3 fully saturated rings. The summed E-state index contributed by atoms with van der Waals surface area (Å²) < 4.78 is 0. The lowest BCUT2D eigenvalue weighted by Crippen LogP contribution is -2.36. The molecule has 2 nitrogen and oxygen atoms in total. The van der Waals surface area contributed by atoms with Gasteiger partial charge >= 0.3 is 0 Å². The van der Waals surface area contributed by atoms with E-state index in [4.69, 9.17) is 0 Å². The Morgan fingerprint density at radius 1 is 1.10 bits per heavy atom. The van der Waals surface area contributed by atoms with Crippen molar-refractivity contribution in [2.75, 3.05) is 0 Å². The van der Waals surface area contributed by atoms with Gasteiger partial charge in [-0.2, -0.15) is 0 Å². The van der Waals surface area contributed by atoms with Crippen LogP contribution >= 0.6 is 0 Å². The maximum Gasteiger partial charge on any atom is 0.0751 e. The van der Waals surface area contributed by atoms with Gasteiger partial charge in [-0.15, -0.1) is 0 Å². The summed E-state index contributed by atoms with van der Waals surface area (Å²) in [6.45, 7) is 13.1. The van der Waals surface area contributed by atoms with Crippen molar-refractivity contribution >= 4 is 0 Å². The van der Waals surface area contributed by atoms with Crippen LogP contribution < -0.4 is 0 Å². The molecule has 0 bridgehead atoms. The molecular weight excluding hydrogens is 356 g/mol. The van der Waals surface area contributed by atoms with Crippen LogP contribution in [0.1, 0.15) is 92.9 Å². The number of allylic oxidation sites excluding steroid dienone is 2. The van der Waals surface area contributed by atoms with Crippen LogP contribution in [0.3, 0.4) is 0 Å². The summed E-state index contributed by atoms with van der Waals surface area (Å²) in [7, 11) is 0. The quantitative estimate of drug-likeness (QED) is 0.496. The van der Waals surface area contributed by atoms with Crippen LogP contribution in [0, 0.1) is 40.9 Å². The Hall–Kier alpha value is -0.600. The summed E-state index contributed by atoms with van der Waals surface area (Å²) in [6.07, 6.45) is 16.7. The number of hydrogen-bond acceptors (Lipinski definition) is 2. The minimum absolute atomic E-state index is 0.167. The first-order chi connectivity index (χ1) is 13.5. The number of aliphatic hydroxyl groups is 2. The first-order valence-corrected chi connectivity index (χ1v) is 12.3. The summed E-state index contributed by atoms with van der Waals surface area (Å²) in [6, 6.07) is 0. The largest absolute Gasteiger partial charge is 0.390 e. The van der Waals surface area contributed by atoms with Crippen LogP contribution in [-0.4, -0.2) is 21.9 Å². The predicted molar refractivity (Wildman–Crippen MR) is 123 cm³/mol. The second-order valence-electron chi connectivity index (χ2n) is 11.7. The molecule has 0 aromatic heterocycles. The van der Waals surface area contributed by atoms with Gasteiger partial charge in [0, 0.05) is 5.92 Å². The van der Waals surface area contributed by atoms with Crippen molar-refractivity contribution in [1.82, 2.24) is 0 Å². The fourth-order valence-electron chi connectivity index (χ4n) is 6.77. The van der Waals surface area contributed by atoms with Gasteiger partial charge in [-0.1, -0.05) is 57.9 Å². The molecule has 166 valence electrons. The topological polar surface area (TPSA) is 40.5 Å². The van der Waals surface area contributed by atoms with Gasteiger partial charge in [-0.3, -0.25) is 0 Å². The predicted octanol–water partition coefficient (Wildman–Crippen LogP) is 6.53. The molecule has 3 saturated carbocycles. The van der Waals surface area contributed by atoms with Gasteiger partial charge in [0.05, 0.1) is 11.7 Å². The second-order valence-corrected chi connectivity index (χ2v) is 11.7. The number of hydrogen-bond donors (Lipinski definition) is 2. The molecule has 0 heterocycles. The summed E-state index contributed by atoms with van der Waals surface area (Å²) in [4.78, 5) is 0. The first-order valence-electron chi connectivity index (χ1n) is 12.3. The Labute approximate surface area is 179 Å². The molecule has 0 aliphatic heterocycles. The Morgan fingerprint density at radius 3 is 2.45 bits per heavy atom. The molecule has 8 unspecified atom stereocenters. The first kappa shape index (κ1) is 23.1. The molecule has 29 heavy (non-hydrogen) atoms. The molecule has 2 N–H and O–H groups in total. The summed E-state index contributed by atoms with van der Waals surface area (Å²) >= 11 is 0. The Balaban J connectivity index is 1.71. The Kier molecular flexibility index (Phi) is 7.06. The van der Waals surface area contributed by atoms with E-state index in [2.05, 4.69) is 45.9 Å². The number of rotatable bonds is 6. The van der Waals surface area contributed by atoms with Crippen molar-refractivity contribution in [2.24, 2.45) is 40.9 Å². The normalized spacial score (nSPS) is 40.3. The third kappa shape index (κ3) is 5.01. The van der Waals surface area contributed by atoms with E-state index in [9.17, 15) is 10.2 Å². The third-order valence-electron chi connectivity index (χ3n) is 9.09. The van der Waals surface area contributed by atoms with E-state index in [1.807, 2.05) is 13.8 Å². The van der Waals surface area contributed by atoms with E-state index in [-0.39, 0.29) is 12.0 Å². The zero-order valence-corrected chi connectivity index (χ0v) is 19.8. The number of fused-ring (bicyclic) bond motifs is 1. The van der Waals surface area contributed by atoms with Gasteiger partial charge in [0.25, 0.3) is 0 Å². The third-order valence-corrected chi connectivity index (χ3v) is 9.09. The SMILES string of the molecule is CC1CCC(C(O)C=C2CCCC3(C)C2CCC3C(C)C=CC(C)C(C)(C)O)C1. The summed E-state index contributed by atoms with van der Waals surface area (Å²) in [5.74, 6) is 3.31. The van der Waals surface area contributed by atoms with Gasteiger partial charge in [-0.05, 0) is 93.8 Å². The fraction of sp³-hybridized carbons (Fsp3) is 0.852. The Bertz CT molecular complexity index is 613. The zero-order valence-electron chi connectivity index (χ0n) is 19.8. The monoisotopic (exact) mass is 402 g/mol. The molecule has 0 spiro atoms. The van der Waals surface area contributed by atoms with Crippen molar-refractivity contribution in [2.45, 2.75) is 105 Å². The van der Waals surface area contributed by atoms with E-state index >= 15 is 0 Å². The van der Waals surface area contributed by atoms with Crippen molar-refractivity contribution < 1.29 is 10.2 Å². The molecule has 8 atom stereocenters. The molecule has 3 rings (SSSR count). The molecule has 0 aromatic rings. The number of aliphatic hydroxyl groups excluding tert-OH is 1. The lowest BCUT2D eigenvalue weighted by Gasteiger charge is -2.44. The highest BCUT2D eigenvalue weighted by Crippen LogP contribution is 2.59. The molecule has 2 heteroatoms.